The molecular formula is C20H14FNO3. The Morgan fingerprint density at radius 3 is 2.20 bits per heavy atom. The minimum absolute atomic E-state index is 0.0553. The summed E-state index contributed by atoms with van der Waals surface area (Å²) in [5.41, 5.74) is 1.37. The van der Waals surface area contributed by atoms with Crippen LogP contribution in [-0.2, 0) is 0 Å². The molecule has 0 aliphatic heterocycles. The van der Waals surface area contributed by atoms with Crippen LogP contribution in [0.2, 0.25) is 0 Å². The van der Waals surface area contributed by atoms with Crippen molar-refractivity contribution in [1.82, 2.24) is 4.98 Å². The van der Waals surface area contributed by atoms with Gasteiger partial charge in [0, 0.05) is 18.0 Å². The molecule has 0 aliphatic rings. The van der Waals surface area contributed by atoms with Crippen LogP contribution in [0.15, 0.2) is 73.1 Å². The summed E-state index contributed by atoms with van der Waals surface area (Å²) < 4.78 is 13.2. The van der Waals surface area contributed by atoms with Crippen molar-refractivity contribution in [3.8, 4) is 0 Å². The predicted octanol–water partition coefficient (Wildman–Crippen LogP) is 3.93. The molecule has 3 aromatic rings. The van der Waals surface area contributed by atoms with Crippen LogP contribution in [0.25, 0.3) is 0 Å². The van der Waals surface area contributed by atoms with Crippen LogP contribution < -0.4 is 0 Å². The number of Topliss-reactive ketones (excluding diaryl/α,β-unsaturated/α-hetero) is 1. The molecule has 0 spiro atoms. The van der Waals surface area contributed by atoms with E-state index in [1.54, 1.807) is 42.7 Å². The Balaban J connectivity index is 2.16. The summed E-state index contributed by atoms with van der Waals surface area (Å²) in [7, 11) is 0. The number of aromatic nitrogens is 1. The van der Waals surface area contributed by atoms with E-state index in [-0.39, 0.29) is 11.3 Å². The summed E-state index contributed by atoms with van der Waals surface area (Å²) in [6.07, 6.45) is 3.09. The number of hydrogen-bond donors (Lipinski definition) is 1. The molecule has 25 heavy (non-hydrogen) atoms. The van der Waals surface area contributed by atoms with Crippen LogP contribution in [0.1, 0.15) is 37.8 Å². The van der Waals surface area contributed by atoms with Crippen molar-refractivity contribution in [2.45, 2.75) is 5.92 Å². The highest BCUT2D eigenvalue weighted by Gasteiger charge is 2.27. The van der Waals surface area contributed by atoms with E-state index >= 15 is 0 Å². The van der Waals surface area contributed by atoms with Crippen LogP contribution in [0, 0.1) is 5.82 Å². The highest BCUT2D eigenvalue weighted by Crippen LogP contribution is 2.31. The molecular weight excluding hydrogens is 321 g/mol. The van der Waals surface area contributed by atoms with Crippen LogP contribution in [-0.4, -0.2) is 21.8 Å². The highest BCUT2D eigenvalue weighted by molar-refractivity contribution is 6.04. The third kappa shape index (κ3) is 3.45. The van der Waals surface area contributed by atoms with E-state index in [0.29, 0.717) is 16.7 Å². The Bertz CT molecular complexity index is 908. The van der Waals surface area contributed by atoms with Crippen LogP contribution in [0.5, 0.6) is 0 Å². The summed E-state index contributed by atoms with van der Waals surface area (Å²) in [4.78, 5) is 28.6. The number of halogens is 1. The minimum Gasteiger partial charge on any atom is -0.478 e. The molecule has 0 amide bonds. The summed E-state index contributed by atoms with van der Waals surface area (Å²) in [5, 5.41) is 9.48. The Kier molecular flexibility index (Phi) is 4.66. The molecule has 1 unspecified atom stereocenters. The normalized spacial score (nSPS) is 11.7. The number of carboxylic acid groups (broad SMARTS) is 1. The summed E-state index contributed by atoms with van der Waals surface area (Å²) in [5.74, 6) is -2.68. The van der Waals surface area contributed by atoms with Crippen molar-refractivity contribution >= 4 is 11.8 Å². The van der Waals surface area contributed by atoms with Gasteiger partial charge in [-0.25, -0.2) is 9.18 Å². The number of hydrogen-bond acceptors (Lipinski definition) is 3. The maximum Gasteiger partial charge on any atom is 0.335 e. The summed E-state index contributed by atoms with van der Waals surface area (Å²) in [6, 6.07) is 14.9. The van der Waals surface area contributed by atoms with Crippen molar-refractivity contribution in [2.75, 3.05) is 0 Å². The number of pyridine rings is 1. The zero-order valence-electron chi connectivity index (χ0n) is 13.1. The van der Waals surface area contributed by atoms with E-state index in [1.165, 1.54) is 30.3 Å². The summed E-state index contributed by atoms with van der Waals surface area (Å²) >= 11 is 0. The van der Waals surface area contributed by atoms with Gasteiger partial charge in [-0.3, -0.25) is 9.78 Å². The number of rotatable bonds is 5. The molecule has 124 valence electrons. The largest absolute Gasteiger partial charge is 0.478 e. The zero-order valence-corrected chi connectivity index (χ0v) is 13.1. The number of ketones is 1. The molecule has 0 saturated heterocycles. The first-order valence-electron chi connectivity index (χ1n) is 7.60. The molecule has 3 rings (SSSR count). The average molecular weight is 335 g/mol. The number of carboxylic acids is 1. The minimum atomic E-state index is -1.11. The molecule has 0 fully saturated rings. The molecule has 0 saturated carbocycles. The average Bonchev–Trinajstić information content (AvgIpc) is 2.63. The van der Waals surface area contributed by atoms with Crippen LogP contribution >= 0.6 is 0 Å². The third-order valence-electron chi connectivity index (χ3n) is 3.93. The first-order chi connectivity index (χ1) is 12.1. The second-order valence-electron chi connectivity index (χ2n) is 5.48. The predicted molar refractivity (Wildman–Crippen MR) is 90.2 cm³/mol. The van der Waals surface area contributed by atoms with E-state index in [9.17, 15) is 19.1 Å². The number of carbonyl (C=O) groups excluding carboxylic acids is 1. The van der Waals surface area contributed by atoms with E-state index in [2.05, 4.69) is 4.98 Å². The molecule has 0 bridgehead atoms. The second-order valence-corrected chi connectivity index (χ2v) is 5.48. The van der Waals surface area contributed by atoms with Gasteiger partial charge in [0.1, 0.15) is 5.82 Å². The van der Waals surface area contributed by atoms with Crippen molar-refractivity contribution in [3.63, 3.8) is 0 Å². The third-order valence-corrected chi connectivity index (χ3v) is 3.93. The maximum absolute atomic E-state index is 13.2. The van der Waals surface area contributed by atoms with Crippen molar-refractivity contribution in [2.24, 2.45) is 0 Å². The quantitative estimate of drug-likeness (QED) is 0.717. The lowest BCUT2D eigenvalue weighted by Gasteiger charge is -2.19. The molecule has 1 heterocycles. The lowest BCUT2D eigenvalue weighted by atomic mass is 9.83. The van der Waals surface area contributed by atoms with Gasteiger partial charge in [0.2, 0.25) is 0 Å². The van der Waals surface area contributed by atoms with E-state index in [4.69, 9.17) is 0 Å². The van der Waals surface area contributed by atoms with E-state index in [1.807, 2.05) is 0 Å². The standard InChI is InChI=1S/C20H14FNO3/c21-15-7-5-14(6-8-15)19(23)18(13-9-11-22-12-10-13)16-3-1-2-4-17(16)20(24)25/h1-12,18H,(H,24,25). The fourth-order valence-electron chi connectivity index (χ4n) is 2.75. The molecule has 0 radical (unpaired) electrons. The van der Waals surface area contributed by atoms with Crippen molar-refractivity contribution < 1.29 is 19.1 Å². The monoisotopic (exact) mass is 335 g/mol. The Morgan fingerprint density at radius 2 is 1.56 bits per heavy atom. The fourth-order valence-corrected chi connectivity index (χ4v) is 2.75. The van der Waals surface area contributed by atoms with E-state index in [0.717, 1.165) is 0 Å². The highest BCUT2D eigenvalue weighted by atomic mass is 19.1. The summed E-state index contributed by atoms with van der Waals surface area (Å²) in [6.45, 7) is 0. The Morgan fingerprint density at radius 1 is 0.920 bits per heavy atom. The molecule has 0 aliphatic carbocycles. The molecule has 2 aromatic carbocycles. The molecule has 4 nitrogen and oxygen atoms in total. The number of aromatic carboxylic acids is 1. The lowest BCUT2D eigenvalue weighted by Crippen LogP contribution is -2.18. The molecule has 1 N–H and O–H groups in total. The molecule has 1 atom stereocenters. The van der Waals surface area contributed by atoms with Crippen molar-refractivity contribution in [1.29, 1.82) is 0 Å². The number of carbonyl (C=O) groups is 2. The van der Waals surface area contributed by atoms with Gasteiger partial charge in [-0.1, -0.05) is 18.2 Å². The lowest BCUT2D eigenvalue weighted by molar-refractivity contribution is 0.0695. The van der Waals surface area contributed by atoms with Crippen LogP contribution in [0.3, 0.4) is 0 Å². The van der Waals surface area contributed by atoms with Crippen molar-refractivity contribution in [3.05, 3.63) is 101 Å². The number of benzene rings is 2. The molecule has 1 aromatic heterocycles. The molecule has 5 heteroatoms. The van der Waals surface area contributed by atoms with Gasteiger partial charge in [-0.05, 0) is 53.6 Å². The van der Waals surface area contributed by atoms with Gasteiger partial charge in [0.15, 0.2) is 5.78 Å². The SMILES string of the molecule is O=C(O)c1ccccc1C(C(=O)c1ccc(F)cc1)c1ccncc1. The van der Waals surface area contributed by atoms with Gasteiger partial charge < -0.3 is 5.11 Å². The van der Waals surface area contributed by atoms with Gasteiger partial charge >= 0.3 is 5.97 Å². The Hall–Kier alpha value is -3.34. The van der Waals surface area contributed by atoms with Crippen LogP contribution in [0.4, 0.5) is 4.39 Å². The topological polar surface area (TPSA) is 67.3 Å². The first kappa shape index (κ1) is 16.5. The van der Waals surface area contributed by atoms with Gasteiger partial charge in [-0.2, -0.15) is 0 Å². The van der Waals surface area contributed by atoms with E-state index < -0.39 is 17.7 Å². The van der Waals surface area contributed by atoms with Gasteiger partial charge in [0.05, 0.1) is 11.5 Å². The number of nitrogens with zero attached hydrogens (tertiary/aromatic N) is 1. The van der Waals surface area contributed by atoms with Gasteiger partial charge in [0.25, 0.3) is 0 Å². The first-order valence-corrected chi connectivity index (χ1v) is 7.60. The fraction of sp³-hybridized carbons (Fsp3) is 0.0500. The Labute approximate surface area is 143 Å². The zero-order chi connectivity index (χ0) is 17.8. The maximum atomic E-state index is 13.2. The second kappa shape index (κ2) is 7.05. The van der Waals surface area contributed by atoms with Gasteiger partial charge in [-0.15, -0.1) is 0 Å². The smallest absolute Gasteiger partial charge is 0.335 e.